The second-order valence-corrected chi connectivity index (χ2v) is 6.45. The lowest BCUT2D eigenvalue weighted by atomic mass is 9.96. The molecule has 0 saturated carbocycles. The van der Waals surface area contributed by atoms with Crippen molar-refractivity contribution in [3.8, 4) is 16.9 Å². The van der Waals surface area contributed by atoms with Gasteiger partial charge in [-0.05, 0) is 57.4 Å². The fraction of sp³-hybridized carbons (Fsp3) is 0.316. The minimum absolute atomic E-state index is 0.220. The number of esters is 1. The van der Waals surface area contributed by atoms with E-state index < -0.39 is 5.41 Å². The van der Waals surface area contributed by atoms with Crippen molar-refractivity contribution < 1.29 is 9.53 Å². The lowest BCUT2D eigenvalue weighted by molar-refractivity contribution is -0.142. The number of aryl methyl sites for hydroxylation is 2. The number of hydrogen-bond acceptors (Lipinski definition) is 2. The van der Waals surface area contributed by atoms with E-state index in [1.54, 1.807) is 0 Å². The molecule has 0 unspecified atom stereocenters. The number of carbonyl (C=O) groups is 1. The molecule has 0 fully saturated rings. The van der Waals surface area contributed by atoms with E-state index in [0.717, 1.165) is 22.3 Å². The summed E-state index contributed by atoms with van der Waals surface area (Å²) >= 11 is 0. The van der Waals surface area contributed by atoms with Crippen molar-refractivity contribution in [1.29, 1.82) is 0 Å². The molecule has 0 heterocycles. The van der Waals surface area contributed by atoms with Crippen molar-refractivity contribution in [3.05, 3.63) is 53.6 Å². The summed E-state index contributed by atoms with van der Waals surface area (Å²) in [5, 5.41) is 0. The summed E-state index contributed by atoms with van der Waals surface area (Å²) in [6.07, 6.45) is 0. The maximum Gasteiger partial charge on any atom is 0.316 e. The molecule has 0 N–H and O–H groups in total. The molecule has 0 bridgehead atoms. The van der Waals surface area contributed by atoms with Crippen LogP contribution in [0.15, 0.2) is 42.5 Å². The van der Waals surface area contributed by atoms with Gasteiger partial charge in [0.25, 0.3) is 0 Å². The summed E-state index contributed by atoms with van der Waals surface area (Å²) in [6, 6.07) is 14.1. The summed E-state index contributed by atoms with van der Waals surface area (Å²) in [7, 11) is 0. The zero-order valence-corrected chi connectivity index (χ0v) is 13.4. The molecule has 0 atom stereocenters. The maximum absolute atomic E-state index is 12.2. The van der Waals surface area contributed by atoms with E-state index in [4.69, 9.17) is 4.74 Å². The minimum atomic E-state index is -0.521. The average molecular weight is 282 g/mol. The van der Waals surface area contributed by atoms with Gasteiger partial charge in [-0.2, -0.15) is 0 Å². The van der Waals surface area contributed by atoms with E-state index in [1.165, 1.54) is 0 Å². The fourth-order valence-corrected chi connectivity index (χ4v) is 2.06. The van der Waals surface area contributed by atoms with Crippen LogP contribution >= 0.6 is 0 Å². The lowest BCUT2D eigenvalue weighted by Crippen LogP contribution is -2.25. The molecule has 0 spiro atoms. The second-order valence-electron chi connectivity index (χ2n) is 6.45. The summed E-state index contributed by atoms with van der Waals surface area (Å²) in [4.78, 5) is 12.2. The van der Waals surface area contributed by atoms with Crippen LogP contribution < -0.4 is 4.74 Å². The second kappa shape index (κ2) is 5.72. The molecule has 0 aliphatic rings. The first-order valence-corrected chi connectivity index (χ1v) is 7.18. The van der Waals surface area contributed by atoms with Crippen LogP contribution in [0.5, 0.6) is 5.75 Å². The summed E-state index contributed by atoms with van der Waals surface area (Å²) in [6.45, 7) is 9.64. The molecule has 21 heavy (non-hydrogen) atoms. The van der Waals surface area contributed by atoms with Crippen molar-refractivity contribution in [2.24, 2.45) is 5.41 Å². The van der Waals surface area contributed by atoms with Gasteiger partial charge in [0, 0.05) is 5.56 Å². The van der Waals surface area contributed by atoms with Gasteiger partial charge in [0.15, 0.2) is 0 Å². The van der Waals surface area contributed by atoms with Crippen molar-refractivity contribution in [1.82, 2.24) is 0 Å². The van der Waals surface area contributed by atoms with E-state index in [0.29, 0.717) is 5.75 Å². The SMILES string of the molecule is Cc1ccc(-c2ccccc2C)c(OC(=O)C(C)(C)C)c1. The average Bonchev–Trinajstić information content (AvgIpc) is 2.39. The van der Waals surface area contributed by atoms with E-state index >= 15 is 0 Å². The van der Waals surface area contributed by atoms with Crippen LogP contribution in [-0.4, -0.2) is 5.97 Å². The molecule has 0 aliphatic heterocycles. The van der Waals surface area contributed by atoms with E-state index in [2.05, 4.69) is 19.1 Å². The van der Waals surface area contributed by atoms with Gasteiger partial charge in [-0.25, -0.2) is 0 Å². The van der Waals surface area contributed by atoms with Gasteiger partial charge in [-0.15, -0.1) is 0 Å². The monoisotopic (exact) mass is 282 g/mol. The van der Waals surface area contributed by atoms with Crippen molar-refractivity contribution >= 4 is 5.97 Å². The zero-order valence-electron chi connectivity index (χ0n) is 13.4. The van der Waals surface area contributed by atoms with Gasteiger partial charge in [-0.3, -0.25) is 4.79 Å². The molecule has 2 aromatic rings. The number of hydrogen-bond donors (Lipinski definition) is 0. The van der Waals surface area contributed by atoms with Crippen LogP contribution in [0.3, 0.4) is 0 Å². The Kier molecular flexibility index (Phi) is 4.17. The number of rotatable bonds is 2. The third kappa shape index (κ3) is 3.52. The highest BCUT2D eigenvalue weighted by atomic mass is 16.5. The first-order valence-electron chi connectivity index (χ1n) is 7.18. The van der Waals surface area contributed by atoms with Crippen LogP contribution in [0, 0.1) is 19.3 Å². The van der Waals surface area contributed by atoms with Gasteiger partial charge in [0.1, 0.15) is 5.75 Å². The van der Waals surface area contributed by atoms with Gasteiger partial charge < -0.3 is 4.74 Å². The van der Waals surface area contributed by atoms with Crippen LogP contribution in [0.25, 0.3) is 11.1 Å². The Bertz CT molecular complexity index is 664. The van der Waals surface area contributed by atoms with Crippen LogP contribution in [0.1, 0.15) is 31.9 Å². The fourth-order valence-electron chi connectivity index (χ4n) is 2.06. The summed E-state index contributed by atoms with van der Waals surface area (Å²) in [5.41, 5.74) is 3.76. The largest absolute Gasteiger partial charge is 0.425 e. The van der Waals surface area contributed by atoms with Crippen LogP contribution in [-0.2, 0) is 4.79 Å². The third-order valence-corrected chi connectivity index (χ3v) is 3.39. The number of ether oxygens (including phenoxy) is 1. The summed E-state index contributed by atoms with van der Waals surface area (Å²) in [5.74, 6) is 0.409. The predicted molar refractivity (Wildman–Crippen MR) is 86.4 cm³/mol. The van der Waals surface area contributed by atoms with Crippen molar-refractivity contribution in [2.45, 2.75) is 34.6 Å². The van der Waals surface area contributed by atoms with Crippen LogP contribution in [0.2, 0.25) is 0 Å². The lowest BCUT2D eigenvalue weighted by Gasteiger charge is -2.19. The highest BCUT2D eigenvalue weighted by Gasteiger charge is 2.25. The van der Waals surface area contributed by atoms with Gasteiger partial charge in [0.05, 0.1) is 5.41 Å². The number of carbonyl (C=O) groups excluding carboxylic acids is 1. The van der Waals surface area contributed by atoms with Crippen molar-refractivity contribution in [3.63, 3.8) is 0 Å². The molecule has 0 aromatic heterocycles. The molecule has 2 rings (SSSR count). The Balaban J connectivity index is 2.49. The smallest absolute Gasteiger partial charge is 0.316 e. The predicted octanol–water partition coefficient (Wildman–Crippen LogP) is 4.92. The quantitative estimate of drug-likeness (QED) is 0.577. The number of benzene rings is 2. The first-order chi connectivity index (χ1) is 9.79. The highest BCUT2D eigenvalue weighted by Crippen LogP contribution is 2.34. The normalized spacial score (nSPS) is 11.3. The zero-order chi connectivity index (χ0) is 15.6. The molecule has 2 heteroatoms. The molecule has 2 aromatic carbocycles. The Morgan fingerprint density at radius 2 is 1.62 bits per heavy atom. The van der Waals surface area contributed by atoms with Gasteiger partial charge >= 0.3 is 5.97 Å². The maximum atomic E-state index is 12.2. The van der Waals surface area contributed by atoms with Crippen LogP contribution in [0.4, 0.5) is 0 Å². The Hall–Kier alpha value is -2.09. The molecule has 0 radical (unpaired) electrons. The molecule has 0 saturated heterocycles. The topological polar surface area (TPSA) is 26.3 Å². The third-order valence-electron chi connectivity index (χ3n) is 3.39. The van der Waals surface area contributed by atoms with Gasteiger partial charge in [0.2, 0.25) is 0 Å². The molecular formula is C19H22O2. The highest BCUT2D eigenvalue weighted by molar-refractivity contribution is 5.82. The van der Waals surface area contributed by atoms with E-state index in [9.17, 15) is 4.79 Å². The Labute approximate surface area is 126 Å². The van der Waals surface area contributed by atoms with E-state index in [-0.39, 0.29) is 5.97 Å². The summed E-state index contributed by atoms with van der Waals surface area (Å²) < 4.78 is 5.66. The Morgan fingerprint density at radius 3 is 2.24 bits per heavy atom. The van der Waals surface area contributed by atoms with E-state index in [1.807, 2.05) is 58.0 Å². The first kappa shape index (κ1) is 15.3. The molecule has 2 nitrogen and oxygen atoms in total. The molecule has 0 aliphatic carbocycles. The van der Waals surface area contributed by atoms with Gasteiger partial charge in [-0.1, -0.05) is 36.4 Å². The van der Waals surface area contributed by atoms with Crippen molar-refractivity contribution in [2.75, 3.05) is 0 Å². The Morgan fingerprint density at radius 1 is 0.952 bits per heavy atom. The molecule has 110 valence electrons. The standard InChI is InChI=1S/C19H22O2/c1-13-10-11-16(15-9-7-6-8-14(15)2)17(12-13)21-18(20)19(3,4)5/h6-12H,1-5H3. The molecular weight excluding hydrogens is 260 g/mol. The minimum Gasteiger partial charge on any atom is -0.425 e. The molecule has 0 amide bonds.